The van der Waals surface area contributed by atoms with E-state index in [4.69, 9.17) is 11.5 Å². The van der Waals surface area contributed by atoms with E-state index in [1.165, 1.54) is 0 Å². The first-order chi connectivity index (χ1) is 8.55. The van der Waals surface area contributed by atoms with Crippen molar-refractivity contribution in [2.75, 3.05) is 6.61 Å². The van der Waals surface area contributed by atoms with E-state index < -0.39 is 16.1 Å². The van der Waals surface area contributed by atoms with Crippen molar-refractivity contribution in [2.24, 2.45) is 0 Å². The summed E-state index contributed by atoms with van der Waals surface area (Å²) in [5, 5.41) is 9.07. The van der Waals surface area contributed by atoms with Gasteiger partial charge in [-0.3, -0.25) is 0 Å². The molecule has 0 amide bonds. The van der Waals surface area contributed by atoms with Crippen molar-refractivity contribution in [1.29, 1.82) is 0 Å². The molecule has 0 bridgehead atoms. The molecule has 0 saturated heterocycles. The zero-order valence-electron chi connectivity index (χ0n) is 10.3. The molecule has 1 aromatic rings. The molecule has 0 heterocycles. The average Bonchev–Trinajstić information content (AvgIpc) is 2.38. The Bertz CT molecular complexity index is 531. The maximum atomic E-state index is 12.2. The smallest absolute Gasteiger partial charge is 0.241 e. The van der Waals surface area contributed by atoms with Crippen molar-refractivity contribution in [3.05, 3.63) is 29.8 Å². The molecule has 0 fully saturated rings. The third kappa shape index (κ3) is 3.57. The lowest BCUT2D eigenvalue weighted by molar-refractivity contribution is 0.258. The summed E-state index contributed by atoms with van der Waals surface area (Å²) < 4.78 is 26.7. The van der Waals surface area contributed by atoms with Gasteiger partial charge in [-0.05, 0) is 18.1 Å². The van der Waals surface area contributed by atoms with Gasteiger partial charge in [0.05, 0.1) is 17.5 Å². The van der Waals surface area contributed by atoms with Crippen molar-refractivity contribution in [2.45, 2.75) is 30.7 Å². The molecule has 98 valence electrons. The lowest BCUT2D eigenvalue weighted by atomic mass is 10.2. The van der Waals surface area contributed by atoms with E-state index in [1.54, 1.807) is 24.3 Å². The highest BCUT2D eigenvalue weighted by Gasteiger charge is 2.21. The zero-order valence-corrected chi connectivity index (χ0v) is 11.1. The Hall–Kier alpha value is -1.35. The van der Waals surface area contributed by atoms with Gasteiger partial charge in [-0.25, -0.2) is 13.1 Å². The highest BCUT2D eigenvalue weighted by Crippen LogP contribution is 2.16. The zero-order chi connectivity index (χ0) is 13.6. The first-order valence-corrected chi connectivity index (χ1v) is 7.18. The molecule has 1 atom stereocenters. The SMILES string of the molecule is C#CCC(CO)NS(=O)(=O)c1ccccc1CC. The van der Waals surface area contributed by atoms with E-state index in [1.807, 2.05) is 6.92 Å². The van der Waals surface area contributed by atoms with Crippen LogP contribution < -0.4 is 4.72 Å². The Labute approximate surface area is 108 Å². The van der Waals surface area contributed by atoms with Gasteiger partial charge in [0.25, 0.3) is 0 Å². The second kappa shape index (κ2) is 6.55. The van der Waals surface area contributed by atoms with Crippen molar-refractivity contribution in [1.82, 2.24) is 4.72 Å². The molecule has 5 heteroatoms. The van der Waals surface area contributed by atoms with Crippen LogP contribution in [0.2, 0.25) is 0 Å². The van der Waals surface area contributed by atoms with Crippen LogP contribution in [0.15, 0.2) is 29.2 Å². The van der Waals surface area contributed by atoms with Gasteiger partial charge in [0.1, 0.15) is 0 Å². The molecule has 1 aromatic carbocycles. The van der Waals surface area contributed by atoms with Crippen molar-refractivity contribution in [3.8, 4) is 12.3 Å². The highest BCUT2D eigenvalue weighted by molar-refractivity contribution is 7.89. The minimum absolute atomic E-state index is 0.157. The van der Waals surface area contributed by atoms with Crippen LogP contribution in [0.1, 0.15) is 18.9 Å². The largest absolute Gasteiger partial charge is 0.395 e. The lowest BCUT2D eigenvalue weighted by Crippen LogP contribution is -2.37. The number of benzene rings is 1. The summed E-state index contributed by atoms with van der Waals surface area (Å²) in [6, 6.07) is 6.13. The van der Waals surface area contributed by atoms with Crippen molar-refractivity contribution in [3.63, 3.8) is 0 Å². The predicted molar refractivity (Wildman–Crippen MR) is 70.5 cm³/mol. The number of hydrogen-bond acceptors (Lipinski definition) is 3. The van der Waals surface area contributed by atoms with E-state index in [2.05, 4.69) is 10.6 Å². The summed E-state index contributed by atoms with van der Waals surface area (Å²) in [5.41, 5.74) is 0.738. The summed E-state index contributed by atoms with van der Waals surface area (Å²) >= 11 is 0. The van der Waals surface area contributed by atoms with Crippen molar-refractivity contribution >= 4 is 10.0 Å². The molecule has 1 unspecified atom stereocenters. The van der Waals surface area contributed by atoms with Crippen LogP contribution >= 0.6 is 0 Å². The molecule has 0 spiro atoms. The fraction of sp³-hybridized carbons (Fsp3) is 0.385. The molecule has 1 rings (SSSR count). The van der Waals surface area contributed by atoms with Gasteiger partial charge < -0.3 is 5.11 Å². The van der Waals surface area contributed by atoms with Crippen LogP contribution in [0.5, 0.6) is 0 Å². The fourth-order valence-corrected chi connectivity index (χ4v) is 3.17. The van der Waals surface area contributed by atoms with Crippen LogP contribution in [0.25, 0.3) is 0 Å². The van der Waals surface area contributed by atoms with E-state index >= 15 is 0 Å². The van der Waals surface area contributed by atoms with Crippen LogP contribution in [0.4, 0.5) is 0 Å². The number of aryl methyl sites for hydroxylation is 1. The highest BCUT2D eigenvalue weighted by atomic mass is 32.2. The van der Waals surface area contributed by atoms with Crippen LogP contribution in [-0.4, -0.2) is 26.2 Å². The number of rotatable bonds is 6. The second-order valence-corrected chi connectivity index (χ2v) is 5.55. The average molecular weight is 267 g/mol. The molecule has 0 aromatic heterocycles. The Morgan fingerprint density at radius 1 is 1.44 bits per heavy atom. The summed E-state index contributed by atoms with van der Waals surface area (Å²) in [4.78, 5) is 0.239. The molecule has 0 aliphatic heterocycles. The molecule has 0 aliphatic carbocycles. The van der Waals surface area contributed by atoms with Gasteiger partial charge in [-0.2, -0.15) is 0 Å². The van der Waals surface area contributed by atoms with Gasteiger partial charge in [0.15, 0.2) is 0 Å². The van der Waals surface area contributed by atoms with E-state index in [-0.39, 0.29) is 17.9 Å². The van der Waals surface area contributed by atoms with Crippen LogP contribution in [0.3, 0.4) is 0 Å². The van der Waals surface area contributed by atoms with Crippen LogP contribution in [-0.2, 0) is 16.4 Å². The number of sulfonamides is 1. The molecular formula is C13H17NO3S. The second-order valence-electron chi connectivity index (χ2n) is 3.87. The topological polar surface area (TPSA) is 66.4 Å². The quantitative estimate of drug-likeness (QED) is 0.753. The molecule has 18 heavy (non-hydrogen) atoms. The third-order valence-electron chi connectivity index (χ3n) is 2.55. The first kappa shape index (κ1) is 14.7. The summed E-state index contributed by atoms with van der Waals surface area (Å²) in [5.74, 6) is 2.33. The first-order valence-electron chi connectivity index (χ1n) is 5.69. The lowest BCUT2D eigenvalue weighted by Gasteiger charge is -2.15. The number of hydrogen-bond donors (Lipinski definition) is 2. The molecule has 0 saturated carbocycles. The number of aliphatic hydroxyl groups excluding tert-OH is 1. The standard InChI is InChI=1S/C13H17NO3S/c1-3-7-12(10-15)14-18(16,17)13-9-6-5-8-11(13)4-2/h1,5-6,8-9,12,14-15H,4,7,10H2,2H3. The third-order valence-corrected chi connectivity index (χ3v) is 4.17. The van der Waals surface area contributed by atoms with Crippen molar-refractivity contribution < 1.29 is 13.5 Å². The van der Waals surface area contributed by atoms with E-state index in [0.717, 1.165) is 5.56 Å². The molecule has 0 radical (unpaired) electrons. The Balaban J connectivity index is 3.03. The summed E-state index contributed by atoms with van der Waals surface area (Å²) in [6.07, 6.45) is 5.90. The van der Waals surface area contributed by atoms with Gasteiger partial charge in [-0.1, -0.05) is 25.1 Å². The minimum Gasteiger partial charge on any atom is -0.395 e. The number of terminal acetylenes is 1. The van der Waals surface area contributed by atoms with Crippen LogP contribution in [0, 0.1) is 12.3 Å². The maximum absolute atomic E-state index is 12.2. The van der Waals surface area contributed by atoms with E-state index in [9.17, 15) is 8.42 Å². The Morgan fingerprint density at radius 3 is 2.67 bits per heavy atom. The molecule has 2 N–H and O–H groups in total. The molecular weight excluding hydrogens is 250 g/mol. The molecule has 0 aliphatic rings. The monoisotopic (exact) mass is 267 g/mol. The van der Waals surface area contributed by atoms with Gasteiger partial charge in [-0.15, -0.1) is 12.3 Å². The Kier molecular flexibility index (Phi) is 5.35. The number of aliphatic hydroxyl groups is 1. The normalized spacial score (nSPS) is 12.9. The van der Waals surface area contributed by atoms with E-state index in [0.29, 0.717) is 6.42 Å². The predicted octanol–water partition coefficient (Wildman–Crippen LogP) is 0.911. The van der Waals surface area contributed by atoms with Gasteiger partial charge in [0, 0.05) is 6.42 Å². The summed E-state index contributed by atoms with van der Waals surface area (Å²) in [7, 11) is -3.64. The summed E-state index contributed by atoms with van der Waals surface area (Å²) in [6.45, 7) is 1.57. The number of nitrogens with one attached hydrogen (secondary N) is 1. The van der Waals surface area contributed by atoms with Gasteiger partial charge in [0.2, 0.25) is 10.0 Å². The Morgan fingerprint density at radius 2 is 2.11 bits per heavy atom. The van der Waals surface area contributed by atoms with Gasteiger partial charge >= 0.3 is 0 Å². The maximum Gasteiger partial charge on any atom is 0.241 e. The minimum atomic E-state index is -3.64. The molecule has 4 nitrogen and oxygen atoms in total. The fourth-order valence-electron chi connectivity index (χ4n) is 1.63.